The Morgan fingerprint density at radius 3 is 2.60 bits per heavy atom. The molecule has 1 aliphatic carbocycles. The van der Waals surface area contributed by atoms with E-state index in [1.54, 1.807) is 31.4 Å². The lowest BCUT2D eigenvalue weighted by atomic mass is 9.77. The molecular formula is C20H26N2O3. The van der Waals surface area contributed by atoms with Crippen molar-refractivity contribution in [2.45, 2.75) is 50.1 Å². The van der Waals surface area contributed by atoms with E-state index >= 15 is 0 Å². The Bertz CT molecular complexity index is 645. The van der Waals surface area contributed by atoms with Crippen molar-refractivity contribution in [2.24, 2.45) is 0 Å². The van der Waals surface area contributed by atoms with Crippen LogP contribution in [0.3, 0.4) is 0 Å². The molecule has 2 amide bonds. The Hall–Kier alpha value is -2.30. The van der Waals surface area contributed by atoms with Crippen LogP contribution in [-0.4, -0.2) is 41.9 Å². The third kappa shape index (κ3) is 3.55. The van der Waals surface area contributed by atoms with E-state index in [9.17, 15) is 9.59 Å². The van der Waals surface area contributed by atoms with Crippen molar-refractivity contribution in [3.8, 4) is 5.75 Å². The number of carbonyl (C=O) groups excluding carboxylic acids is 2. The second-order valence-electron chi connectivity index (χ2n) is 6.99. The first-order valence-electron chi connectivity index (χ1n) is 8.94. The zero-order valence-electron chi connectivity index (χ0n) is 14.8. The molecule has 1 spiro atoms. The molecule has 1 saturated carbocycles. The van der Waals surface area contributed by atoms with E-state index in [1.165, 1.54) is 0 Å². The summed E-state index contributed by atoms with van der Waals surface area (Å²) in [5, 5.41) is 3.13. The smallest absolute Gasteiger partial charge is 0.251 e. The van der Waals surface area contributed by atoms with Crippen molar-refractivity contribution in [1.82, 2.24) is 10.2 Å². The van der Waals surface area contributed by atoms with Crippen LogP contribution >= 0.6 is 0 Å². The maximum Gasteiger partial charge on any atom is 0.251 e. The Labute approximate surface area is 149 Å². The molecule has 1 aromatic rings. The normalized spacial score (nSPS) is 25.9. The van der Waals surface area contributed by atoms with Crippen LogP contribution in [0, 0.1) is 0 Å². The molecule has 0 unspecified atom stereocenters. The Balaban J connectivity index is 1.57. The highest BCUT2D eigenvalue weighted by Crippen LogP contribution is 2.42. The quantitative estimate of drug-likeness (QED) is 0.837. The van der Waals surface area contributed by atoms with Gasteiger partial charge in [0.2, 0.25) is 5.91 Å². The predicted molar refractivity (Wildman–Crippen MR) is 96.6 cm³/mol. The van der Waals surface area contributed by atoms with Crippen LogP contribution in [-0.2, 0) is 4.79 Å². The molecule has 5 heteroatoms. The number of ether oxygens (including phenoxy) is 1. The van der Waals surface area contributed by atoms with Crippen LogP contribution in [0.5, 0.6) is 5.75 Å². The van der Waals surface area contributed by atoms with E-state index in [-0.39, 0.29) is 23.4 Å². The van der Waals surface area contributed by atoms with Gasteiger partial charge in [0.05, 0.1) is 7.11 Å². The first-order valence-corrected chi connectivity index (χ1v) is 8.94. The molecule has 0 atom stereocenters. The van der Waals surface area contributed by atoms with Gasteiger partial charge in [0.15, 0.2) is 0 Å². The average Bonchev–Trinajstić information content (AvgIpc) is 2.94. The molecule has 1 aromatic carbocycles. The number of nitrogens with one attached hydrogen (secondary N) is 1. The van der Waals surface area contributed by atoms with E-state index in [2.05, 4.69) is 11.9 Å². The Morgan fingerprint density at radius 1 is 1.32 bits per heavy atom. The van der Waals surface area contributed by atoms with Crippen molar-refractivity contribution in [1.29, 1.82) is 0 Å². The van der Waals surface area contributed by atoms with Gasteiger partial charge in [-0.1, -0.05) is 6.08 Å². The maximum absolute atomic E-state index is 12.4. The van der Waals surface area contributed by atoms with Gasteiger partial charge in [-0.15, -0.1) is 6.58 Å². The van der Waals surface area contributed by atoms with Crippen LogP contribution in [0.25, 0.3) is 0 Å². The molecule has 1 saturated heterocycles. The fourth-order valence-corrected chi connectivity index (χ4v) is 4.13. The number of benzene rings is 1. The molecule has 3 rings (SSSR count). The van der Waals surface area contributed by atoms with Gasteiger partial charge in [0.25, 0.3) is 5.91 Å². The zero-order chi connectivity index (χ0) is 17.9. The molecule has 134 valence electrons. The summed E-state index contributed by atoms with van der Waals surface area (Å²) < 4.78 is 5.12. The van der Waals surface area contributed by atoms with Crippen molar-refractivity contribution >= 4 is 11.8 Å². The summed E-state index contributed by atoms with van der Waals surface area (Å²) in [5.41, 5.74) is 0.623. The minimum atomic E-state index is -0.0472. The first-order chi connectivity index (χ1) is 12.1. The number of nitrogens with zero attached hydrogens (tertiary/aromatic N) is 1. The van der Waals surface area contributed by atoms with Gasteiger partial charge in [0.1, 0.15) is 5.75 Å². The van der Waals surface area contributed by atoms with Gasteiger partial charge >= 0.3 is 0 Å². The van der Waals surface area contributed by atoms with Crippen molar-refractivity contribution in [3.63, 3.8) is 0 Å². The lowest BCUT2D eigenvalue weighted by Gasteiger charge is -2.43. The Morgan fingerprint density at radius 2 is 2.00 bits per heavy atom. The lowest BCUT2D eigenvalue weighted by Crippen LogP contribution is -2.51. The minimum Gasteiger partial charge on any atom is -0.497 e. The summed E-state index contributed by atoms with van der Waals surface area (Å²) in [4.78, 5) is 26.5. The van der Waals surface area contributed by atoms with E-state index in [1.807, 2.05) is 11.0 Å². The van der Waals surface area contributed by atoms with Crippen molar-refractivity contribution in [3.05, 3.63) is 42.5 Å². The largest absolute Gasteiger partial charge is 0.497 e. The van der Waals surface area contributed by atoms with Gasteiger partial charge < -0.3 is 15.0 Å². The topological polar surface area (TPSA) is 58.6 Å². The van der Waals surface area contributed by atoms with Crippen LogP contribution in [0.1, 0.15) is 48.9 Å². The third-order valence-electron chi connectivity index (χ3n) is 5.59. The fourth-order valence-electron chi connectivity index (χ4n) is 4.13. The third-order valence-corrected chi connectivity index (χ3v) is 5.59. The molecule has 2 fully saturated rings. The van der Waals surface area contributed by atoms with Crippen LogP contribution in [0.2, 0.25) is 0 Å². The number of hydrogen-bond acceptors (Lipinski definition) is 3. The number of carbonyl (C=O) groups is 2. The summed E-state index contributed by atoms with van der Waals surface area (Å²) in [6, 6.07) is 7.31. The van der Waals surface area contributed by atoms with Crippen LogP contribution < -0.4 is 10.1 Å². The molecule has 5 nitrogen and oxygen atoms in total. The fraction of sp³-hybridized carbons (Fsp3) is 0.500. The number of amides is 2. The standard InChI is InChI=1S/C20H26N2O3/c1-3-14-22-18(23)10-13-20(22)11-8-16(9-12-20)21-19(24)15-4-6-17(25-2)7-5-15/h3-7,16H,1,8-14H2,2H3,(H,21,24). The number of methoxy groups -OCH3 is 1. The van der Waals surface area contributed by atoms with Crippen LogP contribution in [0.4, 0.5) is 0 Å². The second kappa shape index (κ2) is 7.30. The first kappa shape index (κ1) is 17.5. The van der Waals surface area contributed by atoms with Crippen LogP contribution in [0.15, 0.2) is 36.9 Å². The molecule has 0 bridgehead atoms. The highest BCUT2D eigenvalue weighted by molar-refractivity contribution is 5.94. The predicted octanol–water partition coefficient (Wildman–Crippen LogP) is 2.91. The SMILES string of the molecule is C=CCN1C(=O)CCC12CCC(NC(=O)c1ccc(OC)cc1)CC2. The van der Waals surface area contributed by atoms with E-state index < -0.39 is 0 Å². The molecule has 2 aliphatic rings. The molecule has 1 heterocycles. The highest BCUT2D eigenvalue weighted by Gasteiger charge is 2.46. The lowest BCUT2D eigenvalue weighted by molar-refractivity contribution is -0.131. The average molecular weight is 342 g/mol. The minimum absolute atomic E-state index is 0.0212. The zero-order valence-corrected chi connectivity index (χ0v) is 14.8. The highest BCUT2D eigenvalue weighted by atomic mass is 16.5. The number of likely N-dealkylation sites (tertiary alicyclic amines) is 1. The number of hydrogen-bond donors (Lipinski definition) is 1. The van der Waals surface area contributed by atoms with E-state index in [0.29, 0.717) is 18.5 Å². The maximum atomic E-state index is 12.4. The van der Waals surface area contributed by atoms with E-state index in [4.69, 9.17) is 4.74 Å². The van der Waals surface area contributed by atoms with Crippen molar-refractivity contribution in [2.75, 3.05) is 13.7 Å². The summed E-state index contributed by atoms with van der Waals surface area (Å²) in [5.74, 6) is 0.930. The molecule has 0 aromatic heterocycles. The number of rotatable bonds is 5. The molecule has 1 aliphatic heterocycles. The Kier molecular flexibility index (Phi) is 5.11. The summed E-state index contributed by atoms with van der Waals surface area (Å²) >= 11 is 0. The monoisotopic (exact) mass is 342 g/mol. The van der Waals surface area contributed by atoms with Gasteiger partial charge in [0, 0.05) is 30.1 Å². The van der Waals surface area contributed by atoms with Gasteiger partial charge in [-0.25, -0.2) is 0 Å². The molecule has 25 heavy (non-hydrogen) atoms. The molecule has 0 radical (unpaired) electrons. The summed E-state index contributed by atoms with van der Waals surface area (Å²) in [6.07, 6.45) is 7.07. The van der Waals surface area contributed by atoms with Gasteiger partial charge in [-0.2, -0.15) is 0 Å². The molecular weight excluding hydrogens is 316 g/mol. The summed E-state index contributed by atoms with van der Waals surface area (Å²) in [7, 11) is 1.61. The van der Waals surface area contributed by atoms with E-state index in [0.717, 1.165) is 37.9 Å². The van der Waals surface area contributed by atoms with Gasteiger partial charge in [-0.05, 0) is 56.4 Å². The summed E-state index contributed by atoms with van der Waals surface area (Å²) in [6.45, 7) is 4.40. The van der Waals surface area contributed by atoms with Gasteiger partial charge in [-0.3, -0.25) is 9.59 Å². The van der Waals surface area contributed by atoms with Crippen molar-refractivity contribution < 1.29 is 14.3 Å². The molecule has 1 N–H and O–H groups in total. The second-order valence-corrected chi connectivity index (χ2v) is 6.99.